The van der Waals surface area contributed by atoms with E-state index in [1.165, 1.54) is 18.4 Å². The Morgan fingerprint density at radius 1 is 1.12 bits per heavy atom. The number of nitrogens with one attached hydrogen (secondary N) is 2. The first-order chi connectivity index (χ1) is 11.7. The van der Waals surface area contributed by atoms with E-state index in [-0.39, 0.29) is 0 Å². The summed E-state index contributed by atoms with van der Waals surface area (Å²) in [5, 5.41) is 6.71. The topological polar surface area (TPSA) is 48.9 Å². The molecule has 0 aromatic heterocycles. The number of methoxy groups -OCH3 is 1. The minimum absolute atomic E-state index is 0.818. The van der Waals surface area contributed by atoms with Crippen LogP contribution < -0.4 is 15.4 Å². The van der Waals surface area contributed by atoms with Crippen molar-refractivity contribution >= 4 is 5.96 Å². The molecule has 0 fully saturated rings. The van der Waals surface area contributed by atoms with Gasteiger partial charge in [0.2, 0.25) is 0 Å². The lowest BCUT2D eigenvalue weighted by atomic mass is 10.1. The smallest absolute Gasteiger partial charge is 0.191 e. The maximum Gasteiger partial charge on any atom is 0.191 e. The van der Waals surface area contributed by atoms with Gasteiger partial charge in [-0.25, -0.2) is 0 Å². The fourth-order valence-electron chi connectivity index (χ4n) is 2.33. The van der Waals surface area contributed by atoms with Crippen molar-refractivity contribution in [3.05, 3.63) is 29.8 Å². The highest BCUT2D eigenvalue weighted by molar-refractivity contribution is 5.79. The molecule has 5 heteroatoms. The van der Waals surface area contributed by atoms with Crippen LogP contribution in [0.2, 0.25) is 0 Å². The molecule has 0 aliphatic rings. The molecular formula is C19H34N4O. The van der Waals surface area contributed by atoms with E-state index >= 15 is 0 Å². The van der Waals surface area contributed by atoms with Crippen molar-refractivity contribution < 1.29 is 4.74 Å². The zero-order valence-corrected chi connectivity index (χ0v) is 15.8. The van der Waals surface area contributed by atoms with Gasteiger partial charge >= 0.3 is 0 Å². The fourth-order valence-corrected chi connectivity index (χ4v) is 2.33. The van der Waals surface area contributed by atoms with Crippen LogP contribution in [-0.4, -0.2) is 57.7 Å². The molecule has 1 rings (SSSR count). The van der Waals surface area contributed by atoms with Crippen molar-refractivity contribution in [3.8, 4) is 5.75 Å². The number of hydrogen-bond donors (Lipinski definition) is 2. The molecule has 24 heavy (non-hydrogen) atoms. The number of aliphatic imine (C=N–C) groups is 1. The molecule has 0 bridgehead atoms. The summed E-state index contributed by atoms with van der Waals surface area (Å²) < 4.78 is 5.18. The minimum Gasteiger partial charge on any atom is -0.497 e. The number of unbranched alkanes of at least 4 members (excludes halogenated alkanes) is 1. The highest BCUT2D eigenvalue weighted by Gasteiger charge is 2.00. The van der Waals surface area contributed by atoms with Crippen LogP contribution in [-0.2, 0) is 6.42 Å². The minimum atomic E-state index is 0.818. The predicted molar refractivity (Wildman–Crippen MR) is 103 cm³/mol. The Hall–Kier alpha value is -1.75. The van der Waals surface area contributed by atoms with Crippen LogP contribution in [0, 0.1) is 0 Å². The van der Waals surface area contributed by atoms with E-state index in [4.69, 9.17) is 4.74 Å². The third kappa shape index (κ3) is 8.77. The van der Waals surface area contributed by atoms with Crippen molar-refractivity contribution in [3.63, 3.8) is 0 Å². The van der Waals surface area contributed by atoms with Gasteiger partial charge in [0.25, 0.3) is 0 Å². The van der Waals surface area contributed by atoms with Crippen LogP contribution in [0.1, 0.15) is 32.3 Å². The Balaban J connectivity index is 2.34. The predicted octanol–water partition coefficient (Wildman–Crippen LogP) is 2.52. The number of likely N-dealkylation sites (N-methyl/N-ethyl adjacent to an activating group) is 1. The quantitative estimate of drug-likeness (QED) is 0.482. The Morgan fingerprint density at radius 2 is 1.88 bits per heavy atom. The summed E-state index contributed by atoms with van der Waals surface area (Å²) in [7, 11) is 3.85. The van der Waals surface area contributed by atoms with Crippen molar-refractivity contribution in [2.75, 3.05) is 46.9 Å². The summed E-state index contributed by atoms with van der Waals surface area (Å²) >= 11 is 0. The molecule has 0 amide bonds. The van der Waals surface area contributed by atoms with Crippen LogP contribution >= 0.6 is 0 Å². The molecule has 136 valence electrons. The monoisotopic (exact) mass is 334 g/mol. The lowest BCUT2D eigenvalue weighted by Crippen LogP contribution is -2.39. The van der Waals surface area contributed by atoms with Crippen molar-refractivity contribution in [1.29, 1.82) is 0 Å². The maximum atomic E-state index is 5.18. The number of ether oxygens (including phenoxy) is 1. The Labute approximate surface area is 147 Å². The lowest BCUT2D eigenvalue weighted by molar-refractivity contribution is 0.337. The van der Waals surface area contributed by atoms with Gasteiger partial charge in [0, 0.05) is 19.6 Å². The molecule has 0 radical (unpaired) electrons. The standard InChI is InChI=1S/C19H34N4O/c1-5-7-15-23(3)16-14-22-19(20-6-2)21-13-12-17-8-10-18(24-4)11-9-17/h8-11H,5-7,12-16H2,1-4H3,(H2,20,21,22). The molecule has 0 spiro atoms. The van der Waals surface area contributed by atoms with Crippen LogP contribution in [0.3, 0.4) is 0 Å². The van der Waals surface area contributed by atoms with Gasteiger partial charge in [-0.15, -0.1) is 0 Å². The van der Waals surface area contributed by atoms with Crippen LogP contribution in [0.4, 0.5) is 0 Å². The molecule has 2 N–H and O–H groups in total. The molecule has 0 saturated carbocycles. The highest BCUT2D eigenvalue weighted by Crippen LogP contribution is 2.11. The number of rotatable bonds is 11. The molecule has 5 nitrogen and oxygen atoms in total. The largest absolute Gasteiger partial charge is 0.497 e. The third-order valence-electron chi connectivity index (χ3n) is 3.85. The second-order valence-corrected chi connectivity index (χ2v) is 5.94. The summed E-state index contributed by atoms with van der Waals surface area (Å²) in [5.74, 6) is 1.80. The zero-order chi connectivity index (χ0) is 17.6. The summed E-state index contributed by atoms with van der Waals surface area (Å²) in [6, 6.07) is 8.21. The van der Waals surface area contributed by atoms with E-state index < -0.39 is 0 Å². The van der Waals surface area contributed by atoms with Gasteiger partial charge in [-0.2, -0.15) is 0 Å². The van der Waals surface area contributed by atoms with Gasteiger partial charge in [0.15, 0.2) is 5.96 Å². The molecule has 0 aliphatic carbocycles. The summed E-state index contributed by atoms with van der Waals surface area (Å²) in [5.41, 5.74) is 1.29. The van der Waals surface area contributed by atoms with Crippen LogP contribution in [0.25, 0.3) is 0 Å². The number of nitrogens with zero attached hydrogens (tertiary/aromatic N) is 2. The molecule has 0 unspecified atom stereocenters. The lowest BCUT2D eigenvalue weighted by Gasteiger charge is -2.16. The first-order valence-corrected chi connectivity index (χ1v) is 9.03. The highest BCUT2D eigenvalue weighted by atomic mass is 16.5. The van der Waals surface area contributed by atoms with E-state index in [2.05, 4.69) is 53.6 Å². The van der Waals surface area contributed by atoms with Gasteiger partial charge in [0.1, 0.15) is 5.75 Å². The van der Waals surface area contributed by atoms with Crippen LogP contribution in [0.5, 0.6) is 5.75 Å². The Morgan fingerprint density at radius 3 is 2.50 bits per heavy atom. The second-order valence-electron chi connectivity index (χ2n) is 5.94. The van der Waals surface area contributed by atoms with Crippen molar-refractivity contribution in [2.24, 2.45) is 4.99 Å². The number of guanidine groups is 1. The molecule has 0 aliphatic heterocycles. The van der Waals surface area contributed by atoms with E-state index in [0.717, 1.165) is 50.9 Å². The zero-order valence-electron chi connectivity index (χ0n) is 15.8. The molecule has 1 aromatic carbocycles. The molecule has 0 saturated heterocycles. The van der Waals surface area contributed by atoms with Gasteiger partial charge in [-0.05, 0) is 51.1 Å². The van der Waals surface area contributed by atoms with Crippen LogP contribution in [0.15, 0.2) is 29.3 Å². The molecule has 0 heterocycles. The SMILES string of the molecule is CCCCN(C)CCN=C(NCC)NCCc1ccc(OC)cc1. The second kappa shape index (κ2) is 12.6. The van der Waals surface area contributed by atoms with E-state index in [1.54, 1.807) is 7.11 Å². The average Bonchev–Trinajstić information content (AvgIpc) is 2.60. The summed E-state index contributed by atoms with van der Waals surface area (Å²) in [6.07, 6.45) is 3.45. The first-order valence-electron chi connectivity index (χ1n) is 9.03. The average molecular weight is 335 g/mol. The number of hydrogen-bond acceptors (Lipinski definition) is 3. The Kier molecular flexibility index (Phi) is 10.7. The van der Waals surface area contributed by atoms with E-state index in [9.17, 15) is 0 Å². The molecule has 0 atom stereocenters. The van der Waals surface area contributed by atoms with Crippen molar-refractivity contribution in [2.45, 2.75) is 33.1 Å². The van der Waals surface area contributed by atoms with E-state index in [0.29, 0.717) is 0 Å². The van der Waals surface area contributed by atoms with E-state index in [1.807, 2.05) is 12.1 Å². The molecular weight excluding hydrogens is 300 g/mol. The van der Waals surface area contributed by atoms with Gasteiger partial charge in [-0.3, -0.25) is 4.99 Å². The summed E-state index contributed by atoms with van der Waals surface area (Å²) in [4.78, 5) is 6.99. The Bertz CT molecular complexity index is 459. The fraction of sp³-hybridized carbons (Fsp3) is 0.632. The molecule has 1 aromatic rings. The maximum absolute atomic E-state index is 5.18. The first kappa shape index (κ1) is 20.3. The van der Waals surface area contributed by atoms with Gasteiger partial charge in [-0.1, -0.05) is 25.5 Å². The van der Waals surface area contributed by atoms with Gasteiger partial charge in [0.05, 0.1) is 13.7 Å². The van der Waals surface area contributed by atoms with Crippen molar-refractivity contribution in [1.82, 2.24) is 15.5 Å². The van der Waals surface area contributed by atoms with Gasteiger partial charge < -0.3 is 20.3 Å². The number of benzene rings is 1. The summed E-state index contributed by atoms with van der Waals surface area (Å²) in [6.45, 7) is 9.01. The third-order valence-corrected chi connectivity index (χ3v) is 3.85. The normalized spacial score (nSPS) is 11.6.